The second-order valence-electron chi connectivity index (χ2n) is 5.88. The molecule has 23 heavy (non-hydrogen) atoms. The Labute approximate surface area is 138 Å². The zero-order valence-corrected chi connectivity index (χ0v) is 14.1. The summed E-state index contributed by atoms with van der Waals surface area (Å²) in [5.74, 6) is 0.848. The molecule has 0 aromatic carbocycles. The number of likely N-dealkylation sites (tertiary alicyclic amines) is 1. The highest BCUT2D eigenvalue weighted by Gasteiger charge is 2.23. The Morgan fingerprint density at radius 1 is 1.52 bits per heavy atom. The van der Waals surface area contributed by atoms with E-state index in [1.165, 1.54) is 6.08 Å². The molecule has 2 heterocycles. The maximum atomic E-state index is 11.8. The highest BCUT2D eigenvalue weighted by molar-refractivity contribution is 5.87. The zero-order valence-electron chi connectivity index (χ0n) is 14.1. The third-order valence-electron chi connectivity index (χ3n) is 4.07. The van der Waals surface area contributed by atoms with Gasteiger partial charge in [0.05, 0.1) is 5.69 Å². The van der Waals surface area contributed by atoms with E-state index in [4.69, 9.17) is 0 Å². The molecule has 1 N–H and O–H groups in total. The minimum Gasteiger partial charge on any atom is -0.365 e. The number of aromatic nitrogens is 2. The number of nitrogens with zero attached hydrogens (tertiary/aromatic N) is 3. The molecule has 5 heteroatoms. The molecule has 1 saturated heterocycles. The lowest BCUT2D eigenvalue weighted by atomic mass is 10.0. The Hall–Kier alpha value is -2.17. The maximum absolute atomic E-state index is 11.8. The van der Waals surface area contributed by atoms with E-state index in [1.54, 1.807) is 6.33 Å². The first-order valence-electron chi connectivity index (χ1n) is 8.31. The first kappa shape index (κ1) is 17.2. The second kappa shape index (κ2) is 8.46. The molecule has 0 saturated carbocycles. The van der Waals surface area contributed by atoms with Gasteiger partial charge in [0.1, 0.15) is 12.1 Å². The number of carbonyl (C=O) groups is 1. The molecule has 0 aliphatic carbocycles. The van der Waals surface area contributed by atoms with Gasteiger partial charge in [-0.1, -0.05) is 32.1 Å². The van der Waals surface area contributed by atoms with E-state index >= 15 is 0 Å². The Kier molecular flexibility index (Phi) is 6.32. The van der Waals surface area contributed by atoms with Crippen LogP contribution < -0.4 is 5.32 Å². The molecule has 0 bridgehead atoms. The number of aryl methyl sites for hydroxylation is 1. The second-order valence-corrected chi connectivity index (χ2v) is 5.88. The van der Waals surface area contributed by atoms with Crippen LogP contribution in [0.3, 0.4) is 0 Å². The minimum absolute atomic E-state index is 0.00145. The molecule has 1 amide bonds. The quantitative estimate of drug-likeness (QED) is 0.819. The van der Waals surface area contributed by atoms with E-state index in [0.717, 1.165) is 49.3 Å². The van der Waals surface area contributed by atoms with Gasteiger partial charge in [-0.2, -0.15) is 0 Å². The van der Waals surface area contributed by atoms with Gasteiger partial charge in [0.15, 0.2) is 0 Å². The molecule has 5 nitrogen and oxygen atoms in total. The highest BCUT2D eigenvalue weighted by atomic mass is 16.2. The molecular weight excluding hydrogens is 288 g/mol. The van der Waals surface area contributed by atoms with Gasteiger partial charge < -0.3 is 10.2 Å². The summed E-state index contributed by atoms with van der Waals surface area (Å²) in [6.45, 7) is 9.21. The van der Waals surface area contributed by atoms with Gasteiger partial charge in [-0.15, -0.1) is 0 Å². The lowest BCUT2D eigenvalue weighted by Crippen LogP contribution is -2.44. The summed E-state index contributed by atoms with van der Waals surface area (Å²) in [6, 6.07) is 0.209. The van der Waals surface area contributed by atoms with Crippen molar-refractivity contribution < 1.29 is 4.79 Å². The molecule has 1 aliphatic rings. The number of anilines is 1. The van der Waals surface area contributed by atoms with E-state index in [9.17, 15) is 4.79 Å². The third-order valence-corrected chi connectivity index (χ3v) is 4.07. The number of nitrogens with one attached hydrogen (secondary N) is 1. The predicted molar refractivity (Wildman–Crippen MR) is 94.1 cm³/mol. The van der Waals surface area contributed by atoms with E-state index in [-0.39, 0.29) is 11.9 Å². The normalized spacial score (nSPS) is 18.2. The van der Waals surface area contributed by atoms with Crippen LogP contribution in [-0.4, -0.2) is 39.9 Å². The van der Waals surface area contributed by atoms with Crippen molar-refractivity contribution in [3.63, 3.8) is 0 Å². The molecule has 0 radical (unpaired) electrons. The summed E-state index contributed by atoms with van der Waals surface area (Å²) in [6.07, 6.45) is 11.4. The van der Waals surface area contributed by atoms with Crippen molar-refractivity contribution >= 4 is 17.8 Å². The lowest BCUT2D eigenvalue weighted by molar-refractivity contribution is -0.127. The lowest BCUT2D eigenvalue weighted by Gasteiger charge is -2.33. The molecule has 1 aromatic rings. The van der Waals surface area contributed by atoms with E-state index in [0.29, 0.717) is 6.54 Å². The fourth-order valence-electron chi connectivity index (χ4n) is 2.78. The molecule has 1 fully saturated rings. The summed E-state index contributed by atoms with van der Waals surface area (Å²) in [5, 5.41) is 3.50. The van der Waals surface area contributed by atoms with Crippen molar-refractivity contribution in [2.75, 3.05) is 18.4 Å². The number of allylic oxidation sites excluding steroid dienone is 1. The van der Waals surface area contributed by atoms with Crippen LogP contribution in [0.25, 0.3) is 6.08 Å². The van der Waals surface area contributed by atoms with Gasteiger partial charge in [-0.25, -0.2) is 9.97 Å². The summed E-state index contributed by atoms with van der Waals surface area (Å²) in [4.78, 5) is 22.3. The number of carbonyl (C=O) groups excluding carboxylic acids is 1. The van der Waals surface area contributed by atoms with Crippen molar-refractivity contribution in [2.45, 2.75) is 45.6 Å². The van der Waals surface area contributed by atoms with Crippen molar-refractivity contribution in [1.82, 2.24) is 14.9 Å². The number of unbranched alkanes of at least 4 members (excludes halogenated alkanes) is 1. The van der Waals surface area contributed by atoms with Crippen LogP contribution in [0.15, 0.2) is 25.1 Å². The molecule has 2 rings (SSSR count). The van der Waals surface area contributed by atoms with Crippen molar-refractivity contribution in [3.05, 3.63) is 36.3 Å². The van der Waals surface area contributed by atoms with E-state index in [1.807, 2.05) is 11.8 Å². The topological polar surface area (TPSA) is 58.1 Å². The Balaban J connectivity index is 2.11. The van der Waals surface area contributed by atoms with Crippen LogP contribution >= 0.6 is 0 Å². The van der Waals surface area contributed by atoms with Crippen LogP contribution in [0.5, 0.6) is 0 Å². The Morgan fingerprint density at radius 3 is 3.09 bits per heavy atom. The van der Waals surface area contributed by atoms with Crippen molar-refractivity contribution in [2.24, 2.45) is 0 Å². The molecule has 1 aromatic heterocycles. The van der Waals surface area contributed by atoms with E-state index < -0.39 is 0 Å². The van der Waals surface area contributed by atoms with Crippen LogP contribution in [0, 0.1) is 6.92 Å². The third kappa shape index (κ3) is 4.65. The number of piperidine rings is 1. The fourth-order valence-corrected chi connectivity index (χ4v) is 2.78. The minimum atomic E-state index is -0.00145. The number of rotatable bonds is 6. The highest BCUT2D eigenvalue weighted by Crippen LogP contribution is 2.21. The van der Waals surface area contributed by atoms with Gasteiger partial charge in [0.25, 0.3) is 0 Å². The molecule has 1 atom stereocenters. The average Bonchev–Trinajstić information content (AvgIpc) is 2.57. The Bertz CT molecular complexity index is 582. The van der Waals surface area contributed by atoms with Crippen molar-refractivity contribution in [3.8, 4) is 0 Å². The van der Waals surface area contributed by atoms with Crippen LogP contribution in [-0.2, 0) is 4.79 Å². The maximum Gasteiger partial charge on any atom is 0.246 e. The predicted octanol–water partition coefficient (Wildman–Crippen LogP) is 3.19. The smallest absolute Gasteiger partial charge is 0.246 e. The SMILES string of the molecule is C=CC(=O)N1CCC[C@@H](Nc2ncnc(C)c2/C=C\CCC)C1. The first-order valence-corrected chi connectivity index (χ1v) is 8.31. The van der Waals surface area contributed by atoms with Gasteiger partial charge in [-0.05, 0) is 32.3 Å². The summed E-state index contributed by atoms with van der Waals surface area (Å²) >= 11 is 0. The summed E-state index contributed by atoms with van der Waals surface area (Å²) < 4.78 is 0. The zero-order chi connectivity index (χ0) is 16.7. The number of amides is 1. The van der Waals surface area contributed by atoms with Gasteiger partial charge in [0.2, 0.25) is 5.91 Å². The average molecular weight is 314 g/mol. The standard InChI is InChI=1S/C18H26N4O/c1-4-6-7-10-16-14(3)19-13-20-18(16)21-15-9-8-11-22(12-15)17(23)5-2/h5,7,10,13,15H,2,4,6,8-9,11-12H2,1,3H3,(H,19,20,21)/b10-7-/t15-/m1/s1. The molecular formula is C18H26N4O. The summed E-state index contributed by atoms with van der Waals surface area (Å²) in [5.41, 5.74) is 2.00. The van der Waals surface area contributed by atoms with Crippen LogP contribution in [0.4, 0.5) is 5.82 Å². The monoisotopic (exact) mass is 314 g/mol. The fraction of sp³-hybridized carbons (Fsp3) is 0.500. The van der Waals surface area contributed by atoms with Gasteiger partial charge in [-0.3, -0.25) is 4.79 Å². The Morgan fingerprint density at radius 2 is 2.35 bits per heavy atom. The van der Waals surface area contributed by atoms with Gasteiger partial charge in [0, 0.05) is 24.7 Å². The van der Waals surface area contributed by atoms with E-state index in [2.05, 4.69) is 40.9 Å². The molecule has 1 aliphatic heterocycles. The van der Waals surface area contributed by atoms with Crippen LogP contribution in [0.2, 0.25) is 0 Å². The van der Waals surface area contributed by atoms with Crippen molar-refractivity contribution in [1.29, 1.82) is 0 Å². The first-order chi connectivity index (χ1) is 11.2. The molecule has 0 spiro atoms. The van der Waals surface area contributed by atoms with Crippen LogP contribution in [0.1, 0.15) is 43.9 Å². The summed E-state index contributed by atoms with van der Waals surface area (Å²) in [7, 11) is 0. The number of hydrogen-bond acceptors (Lipinski definition) is 4. The number of hydrogen-bond donors (Lipinski definition) is 1. The van der Waals surface area contributed by atoms with Gasteiger partial charge >= 0.3 is 0 Å². The molecule has 0 unspecified atom stereocenters. The largest absolute Gasteiger partial charge is 0.365 e. The molecule has 124 valence electrons.